The third kappa shape index (κ3) is 5.11. The number of benzene rings is 2. The largest absolute Gasteiger partial charge is 0.325 e. The van der Waals surface area contributed by atoms with Crippen LogP contribution in [0.3, 0.4) is 0 Å². The van der Waals surface area contributed by atoms with Gasteiger partial charge >= 0.3 is 0 Å². The highest BCUT2D eigenvalue weighted by Gasteiger charge is 2.25. The number of fused-ring (bicyclic) bond motifs is 1. The third-order valence-electron chi connectivity index (χ3n) is 4.99. The van der Waals surface area contributed by atoms with E-state index < -0.39 is 10.0 Å². The first kappa shape index (κ1) is 20.4. The van der Waals surface area contributed by atoms with Crippen LogP contribution in [0.25, 0.3) is 0 Å². The molecule has 1 aliphatic rings. The Hall–Kier alpha value is -2.38. The SMILES string of the molecule is CCCS(=O)(=O)Nc1ccc(NC(=O)C(C)N2CCc3ccccc3C2)cc1. The fourth-order valence-electron chi connectivity index (χ4n) is 3.38. The minimum absolute atomic E-state index is 0.0707. The highest BCUT2D eigenvalue weighted by molar-refractivity contribution is 7.92. The van der Waals surface area contributed by atoms with Crippen molar-refractivity contribution in [3.8, 4) is 0 Å². The van der Waals surface area contributed by atoms with Crippen LogP contribution in [0.4, 0.5) is 11.4 Å². The minimum atomic E-state index is -3.32. The number of carbonyl (C=O) groups is 1. The number of nitrogens with zero attached hydrogens (tertiary/aromatic N) is 1. The second-order valence-corrected chi connectivity index (χ2v) is 8.99. The molecule has 0 radical (unpaired) electrons. The molecule has 0 aromatic heterocycles. The van der Waals surface area contributed by atoms with Gasteiger partial charge in [0.15, 0.2) is 0 Å². The highest BCUT2D eigenvalue weighted by Crippen LogP contribution is 2.21. The molecule has 2 N–H and O–H groups in total. The molecule has 1 atom stereocenters. The summed E-state index contributed by atoms with van der Waals surface area (Å²) in [7, 11) is -3.32. The fourth-order valence-corrected chi connectivity index (χ4v) is 4.52. The summed E-state index contributed by atoms with van der Waals surface area (Å²) >= 11 is 0. The Labute approximate surface area is 167 Å². The quantitative estimate of drug-likeness (QED) is 0.747. The lowest BCUT2D eigenvalue weighted by atomic mass is 9.99. The molecule has 1 aliphatic heterocycles. The van der Waals surface area contributed by atoms with Crippen LogP contribution in [0.2, 0.25) is 0 Å². The fraction of sp³-hybridized carbons (Fsp3) is 0.381. The Morgan fingerprint density at radius 3 is 2.39 bits per heavy atom. The highest BCUT2D eigenvalue weighted by atomic mass is 32.2. The zero-order valence-corrected chi connectivity index (χ0v) is 17.1. The summed E-state index contributed by atoms with van der Waals surface area (Å²) in [5, 5.41) is 2.92. The van der Waals surface area contributed by atoms with E-state index in [-0.39, 0.29) is 17.7 Å². The van der Waals surface area contributed by atoms with Gasteiger partial charge in [0.1, 0.15) is 0 Å². The second-order valence-electron chi connectivity index (χ2n) is 7.15. The van der Waals surface area contributed by atoms with E-state index >= 15 is 0 Å². The first-order valence-corrected chi connectivity index (χ1v) is 11.3. The lowest BCUT2D eigenvalue weighted by Gasteiger charge is -2.32. The molecule has 0 aliphatic carbocycles. The van der Waals surface area contributed by atoms with Crippen molar-refractivity contribution in [1.29, 1.82) is 0 Å². The van der Waals surface area contributed by atoms with Gasteiger partial charge in [0, 0.05) is 24.5 Å². The van der Waals surface area contributed by atoms with Gasteiger partial charge in [-0.05, 0) is 55.2 Å². The zero-order chi connectivity index (χ0) is 20.1. The van der Waals surface area contributed by atoms with E-state index in [1.165, 1.54) is 11.1 Å². The summed E-state index contributed by atoms with van der Waals surface area (Å²) in [6.45, 7) is 5.35. The van der Waals surface area contributed by atoms with Gasteiger partial charge in [0.25, 0.3) is 0 Å². The summed E-state index contributed by atoms with van der Waals surface area (Å²) in [6, 6.07) is 14.8. The van der Waals surface area contributed by atoms with Crippen LogP contribution in [0.15, 0.2) is 48.5 Å². The van der Waals surface area contributed by atoms with Crippen molar-refractivity contribution in [2.24, 2.45) is 0 Å². The molecule has 0 saturated heterocycles. The molecular formula is C21H27N3O3S. The molecule has 0 bridgehead atoms. The first-order valence-electron chi connectivity index (χ1n) is 9.60. The number of nitrogens with one attached hydrogen (secondary N) is 2. The number of carbonyl (C=O) groups excluding carboxylic acids is 1. The van der Waals surface area contributed by atoms with Gasteiger partial charge in [0.2, 0.25) is 15.9 Å². The Morgan fingerprint density at radius 1 is 1.07 bits per heavy atom. The van der Waals surface area contributed by atoms with Gasteiger partial charge in [-0.2, -0.15) is 0 Å². The van der Waals surface area contributed by atoms with Crippen LogP contribution in [0.1, 0.15) is 31.4 Å². The van der Waals surface area contributed by atoms with E-state index in [0.717, 1.165) is 19.5 Å². The minimum Gasteiger partial charge on any atom is -0.325 e. The Balaban J connectivity index is 1.58. The van der Waals surface area contributed by atoms with E-state index in [0.29, 0.717) is 17.8 Å². The molecule has 6 nitrogen and oxygen atoms in total. The number of amides is 1. The van der Waals surface area contributed by atoms with Crippen molar-refractivity contribution in [2.45, 2.75) is 39.3 Å². The third-order valence-corrected chi connectivity index (χ3v) is 6.48. The normalized spacial score (nSPS) is 15.5. The van der Waals surface area contributed by atoms with E-state index in [9.17, 15) is 13.2 Å². The van der Waals surface area contributed by atoms with Crippen molar-refractivity contribution < 1.29 is 13.2 Å². The number of hydrogen-bond donors (Lipinski definition) is 2. The summed E-state index contributed by atoms with van der Waals surface area (Å²) in [5.74, 6) is 0.0146. The molecule has 7 heteroatoms. The van der Waals surface area contributed by atoms with Crippen LogP contribution < -0.4 is 10.0 Å². The summed E-state index contributed by atoms with van der Waals surface area (Å²) < 4.78 is 26.2. The lowest BCUT2D eigenvalue weighted by Crippen LogP contribution is -2.44. The predicted molar refractivity (Wildman–Crippen MR) is 113 cm³/mol. The molecular weight excluding hydrogens is 374 g/mol. The van der Waals surface area contributed by atoms with Crippen molar-refractivity contribution in [2.75, 3.05) is 22.3 Å². The van der Waals surface area contributed by atoms with Gasteiger partial charge in [-0.1, -0.05) is 31.2 Å². The van der Waals surface area contributed by atoms with E-state index in [2.05, 4.69) is 33.1 Å². The van der Waals surface area contributed by atoms with Crippen molar-refractivity contribution in [3.63, 3.8) is 0 Å². The van der Waals surface area contributed by atoms with Crippen LogP contribution >= 0.6 is 0 Å². The number of rotatable bonds is 7. The van der Waals surface area contributed by atoms with Crippen LogP contribution in [-0.2, 0) is 27.8 Å². The zero-order valence-electron chi connectivity index (χ0n) is 16.3. The van der Waals surface area contributed by atoms with E-state index in [4.69, 9.17) is 0 Å². The topological polar surface area (TPSA) is 78.5 Å². The molecule has 0 saturated carbocycles. The molecule has 1 unspecified atom stereocenters. The van der Waals surface area contributed by atoms with Gasteiger partial charge < -0.3 is 5.32 Å². The first-order chi connectivity index (χ1) is 13.4. The lowest BCUT2D eigenvalue weighted by molar-refractivity contribution is -0.121. The van der Waals surface area contributed by atoms with Gasteiger partial charge in [0.05, 0.1) is 11.8 Å². The summed E-state index contributed by atoms with van der Waals surface area (Å²) in [5.41, 5.74) is 3.77. The van der Waals surface area contributed by atoms with E-state index in [1.807, 2.05) is 19.9 Å². The molecule has 1 heterocycles. The van der Waals surface area contributed by atoms with Gasteiger partial charge in [-0.15, -0.1) is 0 Å². The maximum Gasteiger partial charge on any atom is 0.241 e. The molecule has 2 aromatic rings. The summed E-state index contributed by atoms with van der Waals surface area (Å²) in [4.78, 5) is 14.8. The Kier molecular flexibility index (Phi) is 6.36. The number of hydrogen-bond acceptors (Lipinski definition) is 4. The molecule has 2 aromatic carbocycles. The second kappa shape index (κ2) is 8.75. The van der Waals surface area contributed by atoms with Gasteiger partial charge in [-0.25, -0.2) is 8.42 Å². The van der Waals surface area contributed by atoms with Crippen molar-refractivity contribution >= 4 is 27.3 Å². The van der Waals surface area contributed by atoms with Crippen molar-refractivity contribution in [1.82, 2.24) is 4.90 Å². The molecule has 3 rings (SSSR count). The predicted octanol–water partition coefficient (Wildman–Crippen LogP) is 3.22. The Bertz CT molecular complexity index is 926. The standard InChI is InChI=1S/C21H27N3O3S/c1-3-14-28(26,27)23-20-10-8-19(9-11-20)22-21(25)16(2)24-13-12-17-6-4-5-7-18(17)15-24/h4-11,16,23H,3,12-15H2,1-2H3,(H,22,25). The van der Waals surface area contributed by atoms with Crippen LogP contribution in [0.5, 0.6) is 0 Å². The monoisotopic (exact) mass is 401 g/mol. The number of sulfonamides is 1. The van der Waals surface area contributed by atoms with Crippen LogP contribution in [0, 0.1) is 0 Å². The molecule has 0 spiro atoms. The maximum atomic E-state index is 12.7. The number of anilines is 2. The summed E-state index contributed by atoms with van der Waals surface area (Å²) in [6.07, 6.45) is 1.50. The molecule has 150 valence electrons. The van der Waals surface area contributed by atoms with Crippen molar-refractivity contribution in [3.05, 3.63) is 59.7 Å². The molecule has 28 heavy (non-hydrogen) atoms. The molecule has 1 amide bonds. The van der Waals surface area contributed by atoms with Gasteiger partial charge in [-0.3, -0.25) is 14.4 Å². The van der Waals surface area contributed by atoms with E-state index in [1.54, 1.807) is 24.3 Å². The maximum absolute atomic E-state index is 12.7. The average molecular weight is 402 g/mol. The average Bonchev–Trinajstić information content (AvgIpc) is 2.68. The molecule has 0 fully saturated rings. The van der Waals surface area contributed by atoms with Crippen LogP contribution in [-0.4, -0.2) is 37.6 Å². The Morgan fingerprint density at radius 2 is 1.71 bits per heavy atom. The smallest absolute Gasteiger partial charge is 0.241 e.